The Balaban J connectivity index is 1.91. The Morgan fingerprint density at radius 3 is 2.95 bits per heavy atom. The fraction of sp³-hybridized carbons (Fsp3) is 0.294. The molecule has 1 atom stereocenters. The van der Waals surface area contributed by atoms with Crippen molar-refractivity contribution in [3.63, 3.8) is 0 Å². The van der Waals surface area contributed by atoms with Crippen LogP contribution < -0.4 is 5.32 Å². The molecule has 0 aliphatic carbocycles. The highest BCUT2D eigenvalue weighted by Crippen LogP contribution is 2.12. The van der Waals surface area contributed by atoms with Gasteiger partial charge in [0.05, 0.1) is 17.3 Å². The summed E-state index contributed by atoms with van der Waals surface area (Å²) in [5.74, 6) is -0.173. The zero-order valence-electron chi connectivity index (χ0n) is 12.1. The van der Waals surface area contributed by atoms with E-state index in [1.165, 1.54) is 6.08 Å². The van der Waals surface area contributed by atoms with Gasteiger partial charge < -0.3 is 10.4 Å². The number of amides is 1. The van der Waals surface area contributed by atoms with E-state index >= 15 is 0 Å². The highest BCUT2D eigenvalue weighted by molar-refractivity contribution is 5.91. The van der Waals surface area contributed by atoms with Gasteiger partial charge in [0.15, 0.2) is 0 Å². The molecule has 0 aliphatic rings. The Bertz CT molecular complexity index is 637. The molecule has 2 rings (SSSR count). The Hall–Kier alpha value is -2.20. The number of aliphatic hydroxyl groups is 1. The van der Waals surface area contributed by atoms with E-state index in [0.29, 0.717) is 19.4 Å². The molecule has 1 amide bonds. The van der Waals surface area contributed by atoms with Gasteiger partial charge >= 0.3 is 0 Å². The molecule has 1 aromatic carbocycles. The Kier molecular flexibility index (Phi) is 5.46. The molecule has 0 saturated heterocycles. The second-order valence-corrected chi connectivity index (χ2v) is 4.90. The summed E-state index contributed by atoms with van der Waals surface area (Å²) in [5, 5.41) is 13.2. The average molecular weight is 284 g/mol. The van der Waals surface area contributed by atoms with E-state index in [2.05, 4.69) is 10.3 Å². The Morgan fingerprint density at radius 1 is 1.33 bits per heavy atom. The van der Waals surface area contributed by atoms with Crippen molar-refractivity contribution in [3.05, 3.63) is 48.2 Å². The number of fused-ring (bicyclic) bond motifs is 1. The maximum atomic E-state index is 11.6. The zero-order chi connectivity index (χ0) is 15.1. The number of pyridine rings is 1. The minimum Gasteiger partial charge on any atom is -0.393 e. The first-order chi connectivity index (χ1) is 10.2. The van der Waals surface area contributed by atoms with Crippen LogP contribution in [0.3, 0.4) is 0 Å². The summed E-state index contributed by atoms with van der Waals surface area (Å²) in [4.78, 5) is 16.1. The van der Waals surface area contributed by atoms with Crippen LogP contribution in [-0.2, 0) is 4.79 Å². The molecule has 110 valence electrons. The standard InChI is InChI=1S/C17H20N2O2/c1-2-15(20)11-12-18-17(21)10-9-14-8-7-13-5-3-4-6-16(13)19-14/h3-10,15,20H,2,11-12H2,1H3,(H,18,21)/b10-9+. The van der Waals surface area contributed by atoms with Crippen molar-refractivity contribution in [1.82, 2.24) is 10.3 Å². The number of hydrogen-bond donors (Lipinski definition) is 2. The summed E-state index contributed by atoms with van der Waals surface area (Å²) in [6.45, 7) is 2.39. The minimum atomic E-state index is -0.351. The maximum absolute atomic E-state index is 11.6. The van der Waals surface area contributed by atoms with E-state index in [1.54, 1.807) is 6.08 Å². The molecule has 2 N–H and O–H groups in total. The number of nitrogens with zero attached hydrogens (tertiary/aromatic N) is 1. The lowest BCUT2D eigenvalue weighted by Crippen LogP contribution is -2.25. The molecule has 0 aliphatic heterocycles. The summed E-state index contributed by atoms with van der Waals surface area (Å²) < 4.78 is 0. The third-order valence-corrected chi connectivity index (χ3v) is 3.27. The number of carbonyl (C=O) groups excluding carboxylic acids is 1. The lowest BCUT2D eigenvalue weighted by atomic mass is 10.2. The van der Waals surface area contributed by atoms with Gasteiger partial charge in [-0.1, -0.05) is 31.2 Å². The van der Waals surface area contributed by atoms with E-state index in [4.69, 9.17) is 0 Å². The minimum absolute atomic E-state index is 0.173. The van der Waals surface area contributed by atoms with Gasteiger partial charge in [-0.2, -0.15) is 0 Å². The van der Waals surface area contributed by atoms with Gasteiger partial charge in [-0.25, -0.2) is 4.98 Å². The smallest absolute Gasteiger partial charge is 0.244 e. The van der Waals surface area contributed by atoms with Gasteiger partial charge in [-0.05, 0) is 31.1 Å². The van der Waals surface area contributed by atoms with Gasteiger partial charge in [0, 0.05) is 18.0 Å². The van der Waals surface area contributed by atoms with E-state index in [9.17, 15) is 9.90 Å². The predicted molar refractivity (Wildman–Crippen MR) is 84.7 cm³/mol. The lowest BCUT2D eigenvalue weighted by Gasteiger charge is -2.07. The van der Waals surface area contributed by atoms with Crippen molar-refractivity contribution >= 4 is 22.9 Å². The summed E-state index contributed by atoms with van der Waals surface area (Å²) in [6.07, 6.45) is 4.08. The van der Waals surface area contributed by atoms with Crippen molar-refractivity contribution in [3.8, 4) is 0 Å². The van der Waals surface area contributed by atoms with Gasteiger partial charge in [0.25, 0.3) is 0 Å². The highest BCUT2D eigenvalue weighted by Gasteiger charge is 2.01. The molecule has 4 nitrogen and oxygen atoms in total. The molecule has 0 radical (unpaired) electrons. The normalized spacial score (nSPS) is 12.7. The molecule has 0 saturated carbocycles. The van der Waals surface area contributed by atoms with E-state index < -0.39 is 0 Å². The van der Waals surface area contributed by atoms with Crippen molar-refractivity contribution in [2.75, 3.05) is 6.54 Å². The molecule has 0 spiro atoms. The average Bonchev–Trinajstić information content (AvgIpc) is 2.52. The number of nitrogens with one attached hydrogen (secondary N) is 1. The number of para-hydroxylation sites is 1. The molecular formula is C17H20N2O2. The fourth-order valence-electron chi connectivity index (χ4n) is 1.96. The monoisotopic (exact) mass is 284 g/mol. The molecule has 0 bridgehead atoms. The van der Waals surface area contributed by atoms with Crippen LogP contribution in [0.25, 0.3) is 17.0 Å². The number of aromatic nitrogens is 1. The van der Waals surface area contributed by atoms with Gasteiger partial charge in [0.1, 0.15) is 0 Å². The van der Waals surface area contributed by atoms with Crippen LogP contribution in [0.5, 0.6) is 0 Å². The number of carbonyl (C=O) groups is 1. The van der Waals surface area contributed by atoms with E-state index in [0.717, 1.165) is 16.6 Å². The molecule has 2 aromatic rings. The zero-order valence-corrected chi connectivity index (χ0v) is 12.1. The van der Waals surface area contributed by atoms with Crippen LogP contribution in [0.1, 0.15) is 25.5 Å². The highest BCUT2D eigenvalue weighted by atomic mass is 16.3. The van der Waals surface area contributed by atoms with Gasteiger partial charge in [-0.3, -0.25) is 4.79 Å². The summed E-state index contributed by atoms with van der Waals surface area (Å²) in [6, 6.07) is 11.7. The summed E-state index contributed by atoms with van der Waals surface area (Å²) in [5.41, 5.74) is 1.66. The largest absolute Gasteiger partial charge is 0.393 e. The first kappa shape index (κ1) is 15.2. The second kappa shape index (κ2) is 7.55. The third kappa shape index (κ3) is 4.68. The molecular weight excluding hydrogens is 264 g/mol. The van der Waals surface area contributed by atoms with Crippen molar-refractivity contribution in [2.24, 2.45) is 0 Å². The molecule has 1 heterocycles. The predicted octanol–water partition coefficient (Wildman–Crippen LogP) is 2.53. The van der Waals surface area contributed by atoms with Crippen molar-refractivity contribution in [1.29, 1.82) is 0 Å². The SMILES string of the molecule is CCC(O)CCNC(=O)/C=C/c1ccc2ccccc2n1. The number of hydrogen-bond acceptors (Lipinski definition) is 3. The number of rotatable bonds is 6. The van der Waals surface area contributed by atoms with Crippen LogP contribution in [-0.4, -0.2) is 28.6 Å². The van der Waals surface area contributed by atoms with Crippen LogP contribution in [0.4, 0.5) is 0 Å². The summed E-state index contributed by atoms with van der Waals surface area (Å²) >= 11 is 0. The van der Waals surface area contributed by atoms with E-state index in [-0.39, 0.29) is 12.0 Å². The Morgan fingerprint density at radius 2 is 2.14 bits per heavy atom. The number of aliphatic hydroxyl groups excluding tert-OH is 1. The summed E-state index contributed by atoms with van der Waals surface area (Å²) in [7, 11) is 0. The lowest BCUT2D eigenvalue weighted by molar-refractivity contribution is -0.116. The molecule has 4 heteroatoms. The van der Waals surface area contributed by atoms with Gasteiger partial charge in [-0.15, -0.1) is 0 Å². The van der Waals surface area contributed by atoms with Crippen molar-refractivity contribution in [2.45, 2.75) is 25.9 Å². The topological polar surface area (TPSA) is 62.2 Å². The van der Waals surface area contributed by atoms with Crippen LogP contribution >= 0.6 is 0 Å². The maximum Gasteiger partial charge on any atom is 0.244 e. The third-order valence-electron chi connectivity index (χ3n) is 3.27. The molecule has 1 unspecified atom stereocenters. The Labute approximate surface area is 124 Å². The molecule has 21 heavy (non-hydrogen) atoms. The first-order valence-corrected chi connectivity index (χ1v) is 7.19. The van der Waals surface area contributed by atoms with Crippen LogP contribution in [0.15, 0.2) is 42.5 Å². The first-order valence-electron chi connectivity index (χ1n) is 7.19. The number of benzene rings is 1. The van der Waals surface area contributed by atoms with Crippen molar-refractivity contribution < 1.29 is 9.90 Å². The van der Waals surface area contributed by atoms with E-state index in [1.807, 2.05) is 43.3 Å². The second-order valence-electron chi connectivity index (χ2n) is 4.90. The van der Waals surface area contributed by atoms with Gasteiger partial charge in [0.2, 0.25) is 5.91 Å². The molecule has 1 aromatic heterocycles. The molecule has 0 fully saturated rings. The van der Waals surface area contributed by atoms with Crippen LogP contribution in [0.2, 0.25) is 0 Å². The quantitative estimate of drug-likeness (QED) is 0.801. The van der Waals surface area contributed by atoms with Crippen LogP contribution in [0, 0.1) is 0 Å². The fourth-order valence-corrected chi connectivity index (χ4v) is 1.96.